The van der Waals surface area contributed by atoms with Crippen molar-refractivity contribution >= 4 is 40.8 Å². The first-order chi connectivity index (χ1) is 9.24. The molecule has 0 aliphatic carbocycles. The molecule has 0 aliphatic heterocycles. The van der Waals surface area contributed by atoms with E-state index in [0.717, 1.165) is 11.3 Å². The van der Waals surface area contributed by atoms with Gasteiger partial charge in [-0.1, -0.05) is 41.9 Å². The monoisotopic (exact) mass is 289 g/mol. The topological polar surface area (TPSA) is 36.4 Å². The summed E-state index contributed by atoms with van der Waals surface area (Å²) in [5.74, 6) is 0. The first kappa shape index (κ1) is 13.5. The Labute approximate surface area is 122 Å². The average molecular weight is 290 g/mol. The Hall–Kier alpha value is -1.91. The zero-order chi connectivity index (χ0) is 13.5. The number of thiocarbonyl (C=S) groups is 1. The number of rotatable bonds is 3. The van der Waals surface area contributed by atoms with E-state index in [1.165, 1.54) is 0 Å². The lowest BCUT2D eigenvalue weighted by Crippen LogP contribution is -2.23. The van der Waals surface area contributed by atoms with Crippen LogP contribution in [0.5, 0.6) is 0 Å². The summed E-state index contributed by atoms with van der Waals surface area (Å²) in [7, 11) is 0. The van der Waals surface area contributed by atoms with Crippen LogP contribution in [0.4, 0.5) is 5.69 Å². The molecule has 19 heavy (non-hydrogen) atoms. The fourth-order valence-corrected chi connectivity index (χ4v) is 1.80. The van der Waals surface area contributed by atoms with Crippen LogP contribution in [0.15, 0.2) is 59.7 Å². The number of benzene rings is 2. The molecule has 5 heteroatoms. The van der Waals surface area contributed by atoms with Crippen molar-refractivity contribution in [1.82, 2.24) is 5.43 Å². The van der Waals surface area contributed by atoms with Crippen molar-refractivity contribution in [1.29, 1.82) is 0 Å². The van der Waals surface area contributed by atoms with Gasteiger partial charge in [-0.25, -0.2) is 0 Å². The third-order valence-corrected chi connectivity index (χ3v) is 2.69. The van der Waals surface area contributed by atoms with Crippen LogP contribution in [0.3, 0.4) is 0 Å². The molecule has 0 bridgehead atoms. The van der Waals surface area contributed by atoms with E-state index in [4.69, 9.17) is 23.8 Å². The summed E-state index contributed by atoms with van der Waals surface area (Å²) in [5.41, 5.74) is 4.57. The molecule has 0 saturated carbocycles. The smallest absolute Gasteiger partial charge is 0.191 e. The highest BCUT2D eigenvalue weighted by Gasteiger charge is 1.94. The second-order valence-corrected chi connectivity index (χ2v) is 4.59. The van der Waals surface area contributed by atoms with Gasteiger partial charge in [0.25, 0.3) is 0 Å². The minimum atomic E-state index is 0.435. The van der Waals surface area contributed by atoms with Gasteiger partial charge in [-0.15, -0.1) is 0 Å². The fraction of sp³-hybridized carbons (Fsp3) is 0. The Morgan fingerprint density at radius 1 is 1.11 bits per heavy atom. The number of anilines is 1. The molecule has 2 aromatic carbocycles. The van der Waals surface area contributed by atoms with Gasteiger partial charge in [0.1, 0.15) is 0 Å². The number of halogens is 1. The van der Waals surface area contributed by atoms with Gasteiger partial charge in [0.05, 0.1) is 6.21 Å². The van der Waals surface area contributed by atoms with E-state index in [0.29, 0.717) is 10.1 Å². The third-order valence-electron chi connectivity index (χ3n) is 2.26. The van der Waals surface area contributed by atoms with Crippen molar-refractivity contribution in [3.63, 3.8) is 0 Å². The molecule has 0 fully saturated rings. The van der Waals surface area contributed by atoms with Crippen LogP contribution in [0.25, 0.3) is 0 Å². The molecule has 0 unspecified atom stereocenters. The molecule has 0 heterocycles. The number of nitrogens with one attached hydrogen (secondary N) is 2. The van der Waals surface area contributed by atoms with Crippen LogP contribution in [-0.4, -0.2) is 11.3 Å². The van der Waals surface area contributed by atoms with Crippen molar-refractivity contribution in [3.05, 3.63) is 65.2 Å². The Balaban J connectivity index is 1.87. The van der Waals surface area contributed by atoms with E-state index in [2.05, 4.69) is 15.8 Å². The van der Waals surface area contributed by atoms with E-state index in [9.17, 15) is 0 Å². The predicted molar refractivity (Wildman–Crippen MR) is 84.8 cm³/mol. The molecular weight excluding hydrogens is 278 g/mol. The number of para-hydroxylation sites is 1. The van der Waals surface area contributed by atoms with Crippen LogP contribution >= 0.6 is 23.8 Å². The SMILES string of the molecule is S=C(N/N=C/c1cccc(Cl)c1)Nc1ccccc1. The lowest BCUT2D eigenvalue weighted by atomic mass is 10.2. The largest absolute Gasteiger partial charge is 0.331 e. The zero-order valence-electron chi connectivity index (χ0n) is 10.0. The second kappa shape index (κ2) is 6.87. The highest BCUT2D eigenvalue weighted by atomic mass is 35.5. The molecule has 2 N–H and O–H groups in total. The number of hydrogen-bond acceptors (Lipinski definition) is 2. The Morgan fingerprint density at radius 3 is 2.63 bits per heavy atom. The molecule has 0 aromatic heterocycles. The van der Waals surface area contributed by atoms with Crippen LogP contribution < -0.4 is 10.7 Å². The molecule has 0 spiro atoms. The summed E-state index contributed by atoms with van der Waals surface area (Å²) in [6.07, 6.45) is 1.66. The van der Waals surface area contributed by atoms with Gasteiger partial charge in [-0.3, -0.25) is 5.43 Å². The maximum atomic E-state index is 5.87. The number of nitrogens with zero attached hydrogens (tertiary/aromatic N) is 1. The van der Waals surface area contributed by atoms with Gasteiger partial charge in [-0.05, 0) is 42.0 Å². The molecule has 0 atom stereocenters. The Morgan fingerprint density at radius 2 is 1.89 bits per heavy atom. The van der Waals surface area contributed by atoms with Crippen molar-refractivity contribution in [2.45, 2.75) is 0 Å². The summed E-state index contributed by atoms with van der Waals surface area (Å²) in [6.45, 7) is 0. The molecule has 0 amide bonds. The normalized spacial score (nSPS) is 10.4. The minimum Gasteiger partial charge on any atom is -0.331 e. The van der Waals surface area contributed by atoms with Gasteiger partial charge in [-0.2, -0.15) is 5.10 Å². The van der Waals surface area contributed by atoms with Gasteiger partial charge >= 0.3 is 0 Å². The van der Waals surface area contributed by atoms with Crippen LogP contribution in [0.2, 0.25) is 5.02 Å². The summed E-state index contributed by atoms with van der Waals surface area (Å²) in [6, 6.07) is 17.1. The van der Waals surface area contributed by atoms with Gasteiger partial charge in [0, 0.05) is 10.7 Å². The zero-order valence-corrected chi connectivity index (χ0v) is 11.6. The van der Waals surface area contributed by atoms with Crippen molar-refractivity contribution in [3.8, 4) is 0 Å². The van der Waals surface area contributed by atoms with Crippen LogP contribution in [0.1, 0.15) is 5.56 Å². The first-order valence-electron chi connectivity index (χ1n) is 5.65. The standard InChI is InChI=1S/C14H12ClN3S/c15-12-6-4-5-11(9-12)10-16-18-14(19)17-13-7-2-1-3-8-13/h1-10H,(H2,17,18,19)/b16-10+. The third kappa shape index (κ3) is 4.69. The van der Waals surface area contributed by atoms with Gasteiger partial charge < -0.3 is 5.32 Å². The molecule has 2 aromatic rings. The highest BCUT2D eigenvalue weighted by Crippen LogP contribution is 2.08. The van der Waals surface area contributed by atoms with E-state index in [1.807, 2.05) is 54.6 Å². The molecule has 0 aliphatic rings. The Kier molecular flexibility index (Phi) is 4.89. The molecular formula is C14H12ClN3S. The summed E-state index contributed by atoms with van der Waals surface area (Å²) >= 11 is 11.0. The maximum absolute atomic E-state index is 5.87. The summed E-state index contributed by atoms with van der Waals surface area (Å²) in [5, 5.41) is 8.17. The minimum absolute atomic E-state index is 0.435. The quantitative estimate of drug-likeness (QED) is 0.514. The van der Waals surface area contributed by atoms with E-state index >= 15 is 0 Å². The number of hydrogen-bond donors (Lipinski definition) is 2. The second-order valence-electron chi connectivity index (χ2n) is 3.75. The van der Waals surface area contributed by atoms with Crippen LogP contribution in [-0.2, 0) is 0 Å². The van der Waals surface area contributed by atoms with Gasteiger partial charge in [0.15, 0.2) is 5.11 Å². The molecule has 96 valence electrons. The van der Waals surface area contributed by atoms with Gasteiger partial charge in [0.2, 0.25) is 0 Å². The van der Waals surface area contributed by atoms with Crippen molar-refractivity contribution < 1.29 is 0 Å². The first-order valence-corrected chi connectivity index (χ1v) is 6.43. The maximum Gasteiger partial charge on any atom is 0.191 e. The molecule has 3 nitrogen and oxygen atoms in total. The molecule has 2 rings (SSSR count). The summed E-state index contributed by atoms with van der Waals surface area (Å²) < 4.78 is 0. The predicted octanol–water partition coefficient (Wildman–Crippen LogP) is 3.66. The van der Waals surface area contributed by atoms with Crippen LogP contribution in [0, 0.1) is 0 Å². The van der Waals surface area contributed by atoms with Crippen molar-refractivity contribution in [2.24, 2.45) is 5.10 Å². The van der Waals surface area contributed by atoms with E-state index in [-0.39, 0.29) is 0 Å². The van der Waals surface area contributed by atoms with E-state index in [1.54, 1.807) is 6.21 Å². The average Bonchev–Trinajstić information content (AvgIpc) is 2.40. The number of hydrazone groups is 1. The lowest BCUT2D eigenvalue weighted by molar-refractivity contribution is 1.05. The highest BCUT2D eigenvalue weighted by molar-refractivity contribution is 7.80. The molecule has 0 radical (unpaired) electrons. The van der Waals surface area contributed by atoms with E-state index < -0.39 is 0 Å². The summed E-state index contributed by atoms with van der Waals surface area (Å²) in [4.78, 5) is 0. The lowest BCUT2D eigenvalue weighted by Gasteiger charge is -2.06. The van der Waals surface area contributed by atoms with Crippen molar-refractivity contribution in [2.75, 3.05) is 5.32 Å². The fourth-order valence-electron chi connectivity index (χ4n) is 1.43. The Bertz CT molecular complexity index is 584. The molecule has 0 saturated heterocycles.